The number of nitrogens with zero attached hydrogens (tertiary/aromatic N) is 1. The first kappa shape index (κ1) is 22.3. The van der Waals surface area contributed by atoms with Crippen molar-refractivity contribution in [2.24, 2.45) is 5.41 Å². The Morgan fingerprint density at radius 1 is 0.852 bits per heavy atom. The molecule has 4 heteroatoms. The zero-order valence-corrected chi connectivity index (χ0v) is 19.7. The molecule has 27 heavy (non-hydrogen) atoms. The Balaban J connectivity index is 0.00000131. The number of allylic oxidation sites excluding steroid dienone is 5. The molecule has 2 aromatic rings. The normalized spacial score (nSPS) is 22.4. The van der Waals surface area contributed by atoms with E-state index in [1.165, 1.54) is 22.3 Å². The number of aromatic nitrogens is 1. The van der Waals surface area contributed by atoms with Crippen LogP contribution >= 0.6 is 24.8 Å². The van der Waals surface area contributed by atoms with Crippen LogP contribution in [-0.4, -0.2) is 4.57 Å². The predicted molar refractivity (Wildman–Crippen MR) is 116 cm³/mol. The summed E-state index contributed by atoms with van der Waals surface area (Å²) in [5.74, 6) is 0. The van der Waals surface area contributed by atoms with Crippen LogP contribution in [-0.2, 0) is 23.0 Å². The average Bonchev–Trinajstić information content (AvgIpc) is 3.29. The summed E-state index contributed by atoms with van der Waals surface area (Å²) in [6, 6.07) is 13.2. The second kappa shape index (κ2) is 7.80. The van der Waals surface area contributed by atoms with Gasteiger partial charge < -0.3 is 0 Å². The smallest absolute Gasteiger partial charge is 0.147 e. The summed E-state index contributed by atoms with van der Waals surface area (Å²) in [4.78, 5) is 0. The molecule has 1 heterocycles. The fraction of sp³-hybridized carbons (Fsp3) is 0.304. The summed E-state index contributed by atoms with van der Waals surface area (Å²) < 4.78 is 4.13. The van der Waals surface area contributed by atoms with E-state index in [9.17, 15) is 0 Å². The third-order valence-corrected chi connectivity index (χ3v) is 9.90. The summed E-state index contributed by atoms with van der Waals surface area (Å²) >= 11 is -0.458. The topological polar surface area (TPSA) is 4.93 Å². The van der Waals surface area contributed by atoms with E-state index < -0.39 is 19.2 Å². The first-order valence-electron chi connectivity index (χ1n) is 8.98. The van der Waals surface area contributed by atoms with E-state index in [0.29, 0.717) is 0 Å². The van der Waals surface area contributed by atoms with Crippen molar-refractivity contribution in [2.75, 3.05) is 0 Å². The van der Waals surface area contributed by atoms with Crippen molar-refractivity contribution in [2.45, 2.75) is 38.5 Å². The second-order valence-corrected chi connectivity index (χ2v) is 10.1. The zero-order valence-electron chi connectivity index (χ0n) is 16.5. The molecule has 1 atom stereocenters. The maximum Gasteiger partial charge on any atom is -0.147 e. The molecule has 1 unspecified atom stereocenters. The van der Waals surface area contributed by atoms with Gasteiger partial charge in [-0.15, -0.1) is 24.8 Å². The maximum absolute atomic E-state index is 2.46. The standard InChI is InChI=1S/C13H10N.C10H15.2ClH.Ti/c1-2-6-12-11(5-1)7-8-13(12)14-9-3-4-10-14;1-7-6-10(4,5)9(3)8(7)2;;;/h1-10H;1-5H3;2*1H;. The molecule has 0 spiro atoms. The van der Waals surface area contributed by atoms with Crippen LogP contribution in [0, 0.1) is 5.41 Å². The maximum atomic E-state index is 2.46. The molecular weight excluding hydrogens is 409 g/mol. The molecule has 0 amide bonds. The van der Waals surface area contributed by atoms with Crippen LogP contribution in [0.15, 0.2) is 75.5 Å². The van der Waals surface area contributed by atoms with Gasteiger partial charge in [-0.25, -0.2) is 0 Å². The van der Waals surface area contributed by atoms with Gasteiger partial charge >= 0.3 is 160 Å². The molecule has 0 fully saturated rings. The van der Waals surface area contributed by atoms with Gasteiger partial charge in [-0.1, -0.05) is 0 Å². The fourth-order valence-corrected chi connectivity index (χ4v) is 7.51. The van der Waals surface area contributed by atoms with E-state index in [1.54, 1.807) is 9.45 Å². The van der Waals surface area contributed by atoms with Gasteiger partial charge in [0.15, 0.2) is 0 Å². The third kappa shape index (κ3) is 3.23. The van der Waals surface area contributed by atoms with Gasteiger partial charge in [0.2, 0.25) is 0 Å². The van der Waals surface area contributed by atoms with Gasteiger partial charge in [0.05, 0.1) is 0 Å². The summed E-state index contributed by atoms with van der Waals surface area (Å²) in [6.45, 7) is 11.8. The van der Waals surface area contributed by atoms with Crippen LogP contribution in [0.4, 0.5) is 0 Å². The number of fused-ring (bicyclic) bond motifs is 1. The van der Waals surface area contributed by atoms with Crippen LogP contribution in [0.5, 0.6) is 0 Å². The molecular formula is C23H27Cl2NTi. The molecule has 2 aliphatic rings. The molecule has 0 saturated heterocycles. The quantitative estimate of drug-likeness (QED) is 0.467. The number of benzene rings is 1. The third-order valence-electron chi connectivity index (χ3n) is 6.27. The zero-order chi connectivity index (χ0) is 17.8. The molecule has 1 aromatic carbocycles. The minimum Gasteiger partial charge on any atom is -0.147 e. The van der Waals surface area contributed by atoms with Crippen LogP contribution in [0.3, 0.4) is 0 Å². The van der Waals surface area contributed by atoms with Gasteiger partial charge in [0.1, 0.15) is 0 Å². The van der Waals surface area contributed by atoms with Gasteiger partial charge in [-0.05, 0) is 0 Å². The number of hydrogen-bond donors (Lipinski definition) is 0. The number of hydrogen-bond acceptors (Lipinski definition) is 0. The van der Waals surface area contributed by atoms with Gasteiger partial charge in [-0.2, -0.15) is 0 Å². The molecule has 1 nitrogen and oxygen atoms in total. The Bertz CT molecular complexity index is 935. The molecule has 0 N–H and O–H groups in total. The minimum absolute atomic E-state index is 0. The molecule has 4 rings (SSSR count). The molecule has 142 valence electrons. The average molecular weight is 436 g/mol. The van der Waals surface area contributed by atoms with E-state index in [-0.39, 0.29) is 34.1 Å². The summed E-state index contributed by atoms with van der Waals surface area (Å²) in [5.41, 5.74) is 7.59. The van der Waals surface area contributed by atoms with E-state index >= 15 is 0 Å². The van der Waals surface area contributed by atoms with Crippen LogP contribution in [0.25, 0.3) is 6.08 Å². The number of halogens is 2. The Morgan fingerprint density at radius 3 is 2.07 bits per heavy atom. The first-order chi connectivity index (χ1) is 11.9. The molecule has 0 saturated carbocycles. The fourth-order valence-electron chi connectivity index (χ4n) is 4.29. The van der Waals surface area contributed by atoms with E-state index in [4.69, 9.17) is 0 Å². The molecule has 1 aromatic heterocycles. The summed E-state index contributed by atoms with van der Waals surface area (Å²) in [6.07, 6.45) is 9.25. The van der Waals surface area contributed by atoms with E-state index in [2.05, 4.69) is 100 Å². The Labute approximate surface area is 184 Å². The number of rotatable bonds is 3. The van der Waals surface area contributed by atoms with Gasteiger partial charge in [0, 0.05) is 0 Å². The van der Waals surface area contributed by atoms with Gasteiger partial charge in [-0.3, -0.25) is 0 Å². The summed E-state index contributed by atoms with van der Waals surface area (Å²) in [7, 11) is 0. The van der Waals surface area contributed by atoms with Crippen molar-refractivity contribution in [1.82, 2.24) is 4.57 Å². The van der Waals surface area contributed by atoms with Gasteiger partial charge in [0.25, 0.3) is 0 Å². The van der Waals surface area contributed by atoms with Crippen molar-refractivity contribution >= 4 is 30.9 Å². The largest absolute Gasteiger partial charge is 0.147 e. The second-order valence-electron chi connectivity index (χ2n) is 7.78. The molecule has 0 bridgehead atoms. The van der Waals surface area contributed by atoms with Crippen molar-refractivity contribution in [3.63, 3.8) is 0 Å². The van der Waals surface area contributed by atoms with Crippen molar-refractivity contribution < 1.29 is 19.2 Å². The Morgan fingerprint density at radius 2 is 1.48 bits per heavy atom. The van der Waals surface area contributed by atoms with Crippen LogP contribution in [0.1, 0.15) is 45.7 Å². The van der Waals surface area contributed by atoms with Crippen LogP contribution in [0.2, 0.25) is 0 Å². The minimum atomic E-state index is -0.458. The molecule has 2 aliphatic carbocycles. The molecule has 0 aliphatic heterocycles. The van der Waals surface area contributed by atoms with Crippen LogP contribution < -0.4 is 0 Å². The Hall–Kier alpha value is -0.986. The van der Waals surface area contributed by atoms with Crippen molar-refractivity contribution in [1.29, 1.82) is 0 Å². The first-order valence-corrected chi connectivity index (χ1v) is 10.5. The van der Waals surface area contributed by atoms with E-state index in [1.807, 2.05) is 0 Å². The van der Waals surface area contributed by atoms with E-state index in [0.717, 1.165) is 0 Å². The molecule has 0 radical (unpaired) electrons. The predicted octanol–water partition coefficient (Wildman–Crippen LogP) is 6.79. The van der Waals surface area contributed by atoms with Crippen molar-refractivity contribution in [3.05, 3.63) is 86.6 Å². The Kier molecular flexibility index (Phi) is 6.44. The summed E-state index contributed by atoms with van der Waals surface area (Å²) in [5, 5.41) is 0. The van der Waals surface area contributed by atoms with Crippen molar-refractivity contribution in [3.8, 4) is 0 Å². The monoisotopic (exact) mass is 435 g/mol. The SMILES string of the molecule is CC1=C(C)C(C)(C)[C]([Ti][C]2(n3cccc3)C=Cc3ccccc32)=C1C.Cl.Cl.